The summed E-state index contributed by atoms with van der Waals surface area (Å²) >= 11 is 1.35. The zero-order chi connectivity index (χ0) is 17.5. The maximum Gasteiger partial charge on any atom is 0.415 e. The Kier molecular flexibility index (Phi) is 4.40. The van der Waals surface area contributed by atoms with Gasteiger partial charge in [-0.1, -0.05) is 0 Å². The van der Waals surface area contributed by atoms with Crippen molar-refractivity contribution in [2.24, 2.45) is 5.92 Å². The molecule has 1 fully saturated rings. The Morgan fingerprint density at radius 2 is 2.25 bits per heavy atom. The zero-order valence-corrected chi connectivity index (χ0v) is 14.0. The number of hydrogen-bond donors (Lipinski definition) is 2. The number of carbonyl (C=O) groups is 2. The van der Waals surface area contributed by atoms with Crippen LogP contribution in [0.3, 0.4) is 0 Å². The second-order valence-corrected chi connectivity index (χ2v) is 7.91. The smallest absolute Gasteiger partial charge is 0.415 e. The third-order valence-corrected chi connectivity index (χ3v) is 5.42. The Morgan fingerprint density at radius 3 is 2.96 bits per heavy atom. The highest BCUT2D eigenvalue weighted by atomic mass is 32.2. The lowest BCUT2D eigenvalue weighted by Crippen LogP contribution is -2.30. The van der Waals surface area contributed by atoms with Crippen molar-refractivity contribution in [3.63, 3.8) is 0 Å². The molecule has 2 atom stereocenters. The molecular weight excluding hydrogens is 358 g/mol. The minimum atomic E-state index is -4.22. The summed E-state index contributed by atoms with van der Waals surface area (Å²) in [6.07, 6.45) is -1.48. The number of amides is 2. The molecule has 0 bridgehead atoms. The van der Waals surface area contributed by atoms with Crippen LogP contribution >= 0.6 is 11.8 Å². The van der Waals surface area contributed by atoms with E-state index in [0.29, 0.717) is 11.6 Å². The van der Waals surface area contributed by atoms with Crippen LogP contribution in [0.1, 0.15) is 0 Å². The number of carbonyl (C=O) groups excluding carboxylic acids is 2. The van der Waals surface area contributed by atoms with E-state index in [1.807, 2.05) is 0 Å². The monoisotopic (exact) mass is 372 g/mol. The number of nitrogens with one attached hydrogen (secondary N) is 1. The molecule has 3 rings (SSSR count). The van der Waals surface area contributed by atoms with Gasteiger partial charge in [-0.05, 0) is 19.1 Å². The Morgan fingerprint density at radius 1 is 1.50 bits per heavy atom. The summed E-state index contributed by atoms with van der Waals surface area (Å²) in [7, 11) is -4.22. The van der Waals surface area contributed by atoms with Crippen molar-refractivity contribution in [2.45, 2.75) is 11.0 Å². The molecule has 129 valence electrons. The van der Waals surface area contributed by atoms with Crippen molar-refractivity contribution in [2.75, 3.05) is 28.3 Å². The number of ether oxygens (including phenoxy) is 1. The average Bonchev–Trinajstić information content (AvgIpc) is 2.87. The molecule has 2 N–H and O–H groups in total. The number of rotatable bonds is 4. The van der Waals surface area contributed by atoms with Crippen LogP contribution in [0.5, 0.6) is 0 Å². The quantitative estimate of drug-likeness (QED) is 0.743. The van der Waals surface area contributed by atoms with Crippen LogP contribution in [0.25, 0.3) is 0 Å². The molecule has 1 unspecified atom stereocenters. The maximum absolute atomic E-state index is 12.0. The van der Waals surface area contributed by atoms with E-state index in [-0.39, 0.29) is 18.3 Å². The lowest BCUT2D eigenvalue weighted by molar-refractivity contribution is -0.113. The summed E-state index contributed by atoms with van der Waals surface area (Å²) in [4.78, 5) is 29.7. The highest BCUT2D eigenvalue weighted by molar-refractivity contribution is 8.00. The molecular formula is C13H14N3O6S2. The number of pyridine rings is 1. The second kappa shape index (κ2) is 6.22. The molecule has 0 aliphatic carbocycles. The Balaban J connectivity index is 1.77. The molecule has 2 aliphatic rings. The molecule has 1 radical (unpaired) electrons. The van der Waals surface area contributed by atoms with E-state index in [9.17, 15) is 18.0 Å². The molecule has 0 spiro atoms. The fraction of sp³-hybridized carbons (Fsp3) is 0.385. The number of cyclic esters (lactones) is 1. The minimum absolute atomic E-state index is 0.0510. The number of anilines is 2. The van der Waals surface area contributed by atoms with Crippen molar-refractivity contribution in [3.8, 4) is 0 Å². The first-order chi connectivity index (χ1) is 11.2. The first-order valence-corrected chi connectivity index (χ1v) is 9.52. The number of nitrogens with zero attached hydrogens (tertiary/aromatic N) is 2. The van der Waals surface area contributed by atoms with Crippen LogP contribution in [0.2, 0.25) is 0 Å². The molecule has 1 aromatic rings. The summed E-state index contributed by atoms with van der Waals surface area (Å²) in [5, 5.41) is 2.63. The van der Waals surface area contributed by atoms with Gasteiger partial charge in [0, 0.05) is 5.92 Å². The van der Waals surface area contributed by atoms with Crippen LogP contribution in [-0.4, -0.2) is 54.1 Å². The summed E-state index contributed by atoms with van der Waals surface area (Å²) in [6, 6.07) is 3.36. The topological polar surface area (TPSA) is 126 Å². The molecule has 11 heteroatoms. The van der Waals surface area contributed by atoms with Gasteiger partial charge in [0.15, 0.2) is 0 Å². The van der Waals surface area contributed by atoms with Gasteiger partial charge in [-0.2, -0.15) is 8.42 Å². The van der Waals surface area contributed by atoms with E-state index in [4.69, 9.17) is 9.29 Å². The van der Waals surface area contributed by atoms with Crippen molar-refractivity contribution in [1.29, 1.82) is 0 Å². The first kappa shape index (κ1) is 17.0. The lowest BCUT2D eigenvalue weighted by atomic mass is 10.1. The summed E-state index contributed by atoms with van der Waals surface area (Å²) in [5.41, 5.74) is 0. The van der Waals surface area contributed by atoms with Gasteiger partial charge in [-0.25, -0.2) is 9.78 Å². The molecule has 0 saturated carbocycles. The van der Waals surface area contributed by atoms with Gasteiger partial charge < -0.3 is 10.1 Å². The maximum atomic E-state index is 12.0. The van der Waals surface area contributed by atoms with Gasteiger partial charge in [-0.15, -0.1) is 11.8 Å². The fourth-order valence-corrected chi connectivity index (χ4v) is 3.91. The summed E-state index contributed by atoms with van der Waals surface area (Å²) < 4.78 is 35.9. The molecule has 2 amide bonds. The van der Waals surface area contributed by atoms with Crippen molar-refractivity contribution >= 4 is 45.5 Å². The minimum Gasteiger partial charge on any atom is -0.444 e. The zero-order valence-electron chi connectivity index (χ0n) is 12.3. The highest BCUT2D eigenvalue weighted by Crippen LogP contribution is 2.33. The second-order valence-electron chi connectivity index (χ2n) is 5.39. The molecule has 0 aromatic carbocycles. The Bertz CT molecular complexity index is 797. The first-order valence-electron chi connectivity index (χ1n) is 6.93. The number of aromatic nitrogens is 1. The normalized spacial score (nSPS) is 21.9. The largest absolute Gasteiger partial charge is 0.444 e. The molecule has 3 heterocycles. The van der Waals surface area contributed by atoms with Gasteiger partial charge in [0.05, 0.1) is 22.9 Å². The fourth-order valence-electron chi connectivity index (χ4n) is 2.40. The van der Waals surface area contributed by atoms with Crippen LogP contribution < -0.4 is 10.2 Å². The van der Waals surface area contributed by atoms with E-state index in [1.54, 1.807) is 12.1 Å². The molecule has 2 aliphatic heterocycles. The van der Waals surface area contributed by atoms with E-state index in [0.717, 1.165) is 4.90 Å². The summed E-state index contributed by atoms with van der Waals surface area (Å²) in [6.45, 7) is 3.68. The van der Waals surface area contributed by atoms with Gasteiger partial charge >= 0.3 is 6.09 Å². The van der Waals surface area contributed by atoms with Crippen molar-refractivity contribution < 1.29 is 27.3 Å². The van der Waals surface area contributed by atoms with Crippen molar-refractivity contribution in [1.82, 2.24) is 4.98 Å². The van der Waals surface area contributed by atoms with Crippen molar-refractivity contribution in [3.05, 3.63) is 19.1 Å². The lowest BCUT2D eigenvalue weighted by Gasteiger charge is -2.19. The van der Waals surface area contributed by atoms with E-state index in [1.165, 1.54) is 16.7 Å². The summed E-state index contributed by atoms with van der Waals surface area (Å²) in [5.74, 6) is -0.645. The third kappa shape index (κ3) is 3.62. The van der Waals surface area contributed by atoms with Crippen LogP contribution in [0.4, 0.5) is 16.4 Å². The highest BCUT2D eigenvalue weighted by Gasteiger charge is 2.38. The molecule has 1 saturated heterocycles. The van der Waals surface area contributed by atoms with Gasteiger partial charge in [0.25, 0.3) is 10.1 Å². The van der Waals surface area contributed by atoms with Crippen LogP contribution in [-0.2, 0) is 19.6 Å². The number of hydrogen-bond acceptors (Lipinski definition) is 7. The van der Waals surface area contributed by atoms with Gasteiger partial charge in [0.2, 0.25) is 5.91 Å². The Labute approximate surface area is 142 Å². The van der Waals surface area contributed by atoms with Gasteiger partial charge in [-0.3, -0.25) is 14.2 Å². The van der Waals surface area contributed by atoms with Crippen LogP contribution in [0, 0.1) is 12.8 Å². The predicted octanol–water partition coefficient (Wildman–Crippen LogP) is 0.789. The third-order valence-electron chi connectivity index (χ3n) is 3.52. The Hall–Kier alpha value is -1.85. The number of thioether (sulfide) groups is 1. The average molecular weight is 372 g/mol. The molecule has 24 heavy (non-hydrogen) atoms. The SMILES string of the molecule is [CH2]C(CS(=O)(=O)O)[C@@H]1CN(c2ccc3c(n2)NC(=O)CS3)C(=O)O1. The number of fused-ring (bicyclic) bond motifs is 1. The van der Waals surface area contributed by atoms with Gasteiger partial charge in [0.1, 0.15) is 17.7 Å². The molecule has 9 nitrogen and oxygen atoms in total. The molecule has 1 aromatic heterocycles. The van der Waals surface area contributed by atoms with E-state index in [2.05, 4.69) is 17.2 Å². The van der Waals surface area contributed by atoms with E-state index < -0.39 is 34.0 Å². The standard InChI is InChI=1S/C13H14N3O6S2/c1-7(6-24(19,20)21)8-4-16(13(18)22-8)10-3-2-9-12(14-10)15-11(17)5-23-9/h2-3,7-8H,1,4-6H2,(H,14,15,17)(H,19,20,21)/t7?,8-/m0/s1. The van der Waals surface area contributed by atoms with E-state index >= 15 is 0 Å². The predicted molar refractivity (Wildman–Crippen MR) is 86.5 cm³/mol. The van der Waals surface area contributed by atoms with Crippen LogP contribution in [0.15, 0.2) is 17.0 Å².